The minimum atomic E-state index is 0.454. The van der Waals surface area contributed by atoms with Crippen molar-refractivity contribution in [3.63, 3.8) is 0 Å². The molecule has 0 radical (unpaired) electrons. The topological polar surface area (TPSA) is 55.4 Å². The third kappa shape index (κ3) is 4.96. The van der Waals surface area contributed by atoms with Gasteiger partial charge in [0.15, 0.2) is 23.0 Å². The van der Waals surface area contributed by atoms with Crippen LogP contribution in [0.15, 0.2) is 36.4 Å². The molecule has 32 heavy (non-hydrogen) atoms. The smallest absolute Gasteiger partial charge is 0.164 e. The molecule has 0 aliphatic heterocycles. The van der Waals surface area contributed by atoms with Crippen molar-refractivity contribution < 1.29 is 28.4 Å². The summed E-state index contributed by atoms with van der Waals surface area (Å²) >= 11 is 0. The zero-order valence-corrected chi connectivity index (χ0v) is 19.6. The van der Waals surface area contributed by atoms with E-state index in [0.29, 0.717) is 34.8 Å². The van der Waals surface area contributed by atoms with Gasteiger partial charge in [0, 0.05) is 23.3 Å². The van der Waals surface area contributed by atoms with Gasteiger partial charge in [0.25, 0.3) is 0 Å². The van der Waals surface area contributed by atoms with E-state index in [1.165, 1.54) is 0 Å². The number of methoxy groups -OCH3 is 6. The van der Waals surface area contributed by atoms with Gasteiger partial charge in [-0.05, 0) is 36.8 Å². The average Bonchev–Trinajstić information content (AvgIpc) is 2.82. The molecule has 2 atom stereocenters. The number of ether oxygens (including phenoxy) is 6. The molecule has 0 bridgehead atoms. The molecule has 1 saturated carbocycles. The fraction of sp³-hybridized carbons (Fsp3) is 0.385. The van der Waals surface area contributed by atoms with Crippen LogP contribution in [-0.4, -0.2) is 42.7 Å². The molecular weight excluding hydrogens is 408 g/mol. The fourth-order valence-electron chi connectivity index (χ4n) is 3.85. The van der Waals surface area contributed by atoms with Crippen molar-refractivity contribution in [3.05, 3.63) is 47.5 Å². The van der Waals surface area contributed by atoms with Gasteiger partial charge in [-0.2, -0.15) is 0 Å². The fourth-order valence-corrected chi connectivity index (χ4v) is 3.85. The third-order valence-corrected chi connectivity index (χ3v) is 5.90. The molecular formula is C26H32O6. The Morgan fingerprint density at radius 1 is 0.500 bits per heavy atom. The van der Waals surface area contributed by atoms with E-state index in [-0.39, 0.29) is 0 Å². The molecule has 1 fully saturated rings. The standard InChI is InChI=1S/C26H32O6/c1-27-21-15-25(31-5)23(29-3)13-19(21)11-9-17-7-8-18(17)10-12-20-14-24(30-4)26(32-6)16-22(20)28-2/h9-18H,7-8H2,1-6H3/b11-9-,12-10+/t17-,18-/m1/s1. The minimum absolute atomic E-state index is 0.454. The molecule has 0 N–H and O–H groups in total. The molecule has 172 valence electrons. The highest BCUT2D eigenvalue weighted by molar-refractivity contribution is 5.65. The Morgan fingerprint density at radius 3 is 1.09 bits per heavy atom. The zero-order valence-electron chi connectivity index (χ0n) is 19.6. The first kappa shape index (κ1) is 23.4. The maximum absolute atomic E-state index is 5.53. The summed E-state index contributed by atoms with van der Waals surface area (Å²) in [6.45, 7) is 0. The number of allylic oxidation sites excluding steroid dienone is 2. The number of rotatable bonds is 10. The molecule has 6 nitrogen and oxygen atoms in total. The summed E-state index contributed by atoms with van der Waals surface area (Å²) in [5, 5.41) is 0. The molecule has 3 rings (SSSR count). The Bertz CT molecular complexity index is 899. The number of hydrogen-bond donors (Lipinski definition) is 0. The van der Waals surface area contributed by atoms with Crippen molar-refractivity contribution in [1.29, 1.82) is 0 Å². The third-order valence-electron chi connectivity index (χ3n) is 5.90. The Balaban J connectivity index is 1.77. The van der Waals surface area contributed by atoms with Crippen molar-refractivity contribution in [1.82, 2.24) is 0 Å². The Hall–Kier alpha value is -3.28. The molecule has 0 heterocycles. The largest absolute Gasteiger partial charge is 0.496 e. The molecule has 0 saturated heterocycles. The van der Waals surface area contributed by atoms with E-state index in [4.69, 9.17) is 28.4 Å². The normalized spacial score (nSPS) is 17.8. The Morgan fingerprint density at radius 2 is 0.812 bits per heavy atom. The van der Waals surface area contributed by atoms with Gasteiger partial charge >= 0.3 is 0 Å². The molecule has 0 spiro atoms. The first-order valence-electron chi connectivity index (χ1n) is 10.5. The zero-order chi connectivity index (χ0) is 23.1. The summed E-state index contributed by atoms with van der Waals surface area (Å²) in [5.74, 6) is 5.06. The summed E-state index contributed by atoms with van der Waals surface area (Å²) in [4.78, 5) is 0. The van der Waals surface area contributed by atoms with Crippen molar-refractivity contribution in [3.8, 4) is 34.5 Å². The highest BCUT2D eigenvalue weighted by Gasteiger charge is 2.26. The molecule has 1 aliphatic carbocycles. The molecule has 2 aromatic carbocycles. The predicted octanol–water partition coefficient (Wildman–Crippen LogP) is 5.49. The molecule has 2 aromatic rings. The van der Waals surface area contributed by atoms with E-state index >= 15 is 0 Å². The SMILES string of the molecule is COc1cc(OC)c(OC)cc1/C=C\[C@H]1CC[C@@H]1/C=C/c1cc(OC)c(OC)cc1OC. The second-order valence-corrected chi connectivity index (χ2v) is 7.52. The number of hydrogen-bond acceptors (Lipinski definition) is 6. The van der Waals surface area contributed by atoms with Crippen molar-refractivity contribution in [2.45, 2.75) is 12.8 Å². The summed E-state index contributed by atoms with van der Waals surface area (Å²) in [7, 11) is 9.81. The van der Waals surface area contributed by atoms with Crippen LogP contribution in [0.1, 0.15) is 24.0 Å². The quantitative estimate of drug-likeness (QED) is 0.487. The molecule has 0 amide bonds. The van der Waals surface area contributed by atoms with E-state index < -0.39 is 0 Å². The first-order valence-corrected chi connectivity index (χ1v) is 10.5. The van der Waals surface area contributed by atoms with Crippen molar-refractivity contribution in [2.75, 3.05) is 42.7 Å². The first-order chi connectivity index (χ1) is 15.6. The lowest BCUT2D eigenvalue weighted by Crippen LogP contribution is -2.21. The highest BCUT2D eigenvalue weighted by Crippen LogP contribution is 2.41. The van der Waals surface area contributed by atoms with E-state index in [1.54, 1.807) is 42.7 Å². The van der Waals surface area contributed by atoms with Crippen LogP contribution in [0, 0.1) is 11.8 Å². The summed E-state index contributed by atoms with van der Waals surface area (Å²) < 4.78 is 32.7. The minimum Gasteiger partial charge on any atom is -0.496 e. The average molecular weight is 441 g/mol. The Kier molecular flexibility index (Phi) is 7.92. The van der Waals surface area contributed by atoms with Gasteiger partial charge < -0.3 is 28.4 Å². The van der Waals surface area contributed by atoms with Gasteiger partial charge in [-0.15, -0.1) is 0 Å². The molecule has 0 unspecified atom stereocenters. The molecule has 0 aromatic heterocycles. The summed E-state index contributed by atoms with van der Waals surface area (Å²) in [6.07, 6.45) is 11.0. The molecule has 6 heteroatoms. The van der Waals surface area contributed by atoms with Gasteiger partial charge in [-0.3, -0.25) is 0 Å². The molecule has 1 aliphatic rings. The second kappa shape index (κ2) is 10.8. The van der Waals surface area contributed by atoms with E-state index in [1.807, 2.05) is 24.3 Å². The van der Waals surface area contributed by atoms with Gasteiger partial charge in [0.2, 0.25) is 0 Å². The lowest BCUT2D eigenvalue weighted by molar-refractivity contribution is 0.288. The number of benzene rings is 2. The van der Waals surface area contributed by atoms with E-state index in [2.05, 4.69) is 24.3 Å². The maximum Gasteiger partial charge on any atom is 0.164 e. The predicted molar refractivity (Wildman–Crippen MR) is 126 cm³/mol. The van der Waals surface area contributed by atoms with Crippen LogP contribution < -0.4 is 28.4 Å². The summed E-state index contributed by atoms with van der Waals surface area (Å²) in [5.41, 5.74) is 1.92. The van der Waals surface area contributed by atoms with Gasteiger partial charge in [0.05, 0.1) is 42.7 Å². The highest BCUT2D eigenvalue weighted by atomic mass is 16.5. The monoisotopic (exact) mass is 440 g/mol. The van der Waals surface area contributed by atoms with Crippen LogP contribution in [0.3, 0.4) is 0 Å². The van der Waals surface area contributed by atoms with Gasteiger partial charge in [-0.25, -0.2) is 0 Å². The van der Waals surface area contributed by atoms with Crippen LogP contribution in [0.5, 0.6) is 34.5 Å². The summed E-state index contributed by atoms with van der Waals surface area (Å²) in [6, 6.07) is 7.57. The lowest BCUT2D eigenvalue weighted by Gasteiger charge is -2.32. The lowest BCUT2D eigenvalue weighted by atomic mass is 9.73. The second-order valence-electron chi connectivity index (χ2n) is 7.52. The van der Waals surface area contributed by atoms with Crippen molar-refractivity contribution in [2.24, 2.45) is 11.8 Å². The van der Waals surface area contributed by atoms with Crippen LogP contribution >= 0.6 is 0 Å². The van der Waals surface area contributed by atoms with E-state index in [9.17, 15) is 0 Å². The Labute approximate surface area is 190 Å². The van der Waals surface area contributed by atoms with Gasteiger partial charge in [-0.1, -0.05) is 24.3 Å². The van der Waals surface area contributed by atoms with Gasteiger partial charge in [0.1, 0.15) is 11.5 Å². The van der Waals surface area contributed by atoms with Crippen LogP contribution in [0.2, 0.25) is 0 Å². The maximum atomic E-state index is 5.53. The van der Waals surface area contributed by atoms with Crippen LogP contribution in [0.4, 0.5) is 0 Å². The van der Waals surface area contributed by atoms with Crippen LogP contribution in [-0.2, 0) is 0 Å². The van der Waals surface area contributed by atoms with E-state index in [0.717, 1.165) is 35.5 Å². The van der Waals surface area contributed by atoms with Crippen LogP contribution in [0.25, 0.3) is 12.2 Å². The van der Waals surface area contributed by atoms with Crippen molar-refractivity contribution >= 4 is 12.2 Å².